The van der Waals surface area contributed by atoms with E-state index in [4.69, 9.17) is 4.74 Å². The quantitative estimate of drug-likeness (QED) is 0.688. The average Bonchev–Trinajstić information content (AvgIpc) is 2.27. The van der Waals surface area contributed by atoms with Gasteiger partial charge < -0.3 is 4.74 Å². The first kappa shape index (κ1) is 10.8. The number of esters is 1. The molecule has 1 atom stereocenters. The Balaban J connectivity index is 3.09. The fraction of sp³-hybridized carbons (Fsp3) is 0.417. The summed E-state index contributed by atoms with van der Waals surface area (Å²) in [4.78, 5) is 11.4. The molecular formula is C12H16O2. The molecule has 0 saturated heterocycles. The van der Waals surface area contributed by atoms with Crippen molar-refractivity contribution in [2.45, 2.75) is 26.2 Å². The van der Waals surface area contributed by atoms with Gasteiger partial charge in [-0.05, 0) is 24.0 Å². The van der Waals surface area contributed by atoms with Crippen LogP contribution in [0.25, 0.3) is 0 Å². The van der Waals surface area contributed by atoms with Crippen molar-refractivity contribution in [3.63, 3.8) is 0 Å². The van der Waals surface area contributed by atoms with Crippen LogP contribution in [-0.4, -0.2) is 13.1 Å². The summed E-state index contributed by atoms with van der Waals surface area (Å²) in [7, 11) is 1.41. The molecule has 0 aliphatic heterocycles. The van der Waals surface area contributed by atoms with E-state index < -0.39 is 0 Å². The fourth-order valence-electron chi connectivity index (χ4n) is 1.44. The van der Waals surface area contributed by atoms with E-state index in [-0.39, 0.29) is 5.97 Å². The molecule has 1 unspecified atom stereocenters. The van der Waals surface area contributed by atoms with E-state index in [0.717, 1.165) is 12.0 Å². The third-order valence-corrected chi connectivity index (χ3v) is 2.51. The zero-order valence-corrected chi connectivity index (χ0v) is 8.91. The molecule has 2 heteroatoms. The summed E-state index contributed by atoms with van der Waals surface area (Å²) < 4.78 is 4.73. The second-order valence-corrected chi connectivity index (χ2v) is 3.39. The first-order chi connectivity index (χ1) is 6.70. The van der Waals surface area contributed by atoms with Crippen molar-refractivity contribution in [2.75, 3.05) is 7.11 Å². The van der Waals surface area contributed by atoms with E-state index in [0.29, 0.717) is 11.5 Å². The first-order valence-corrected chi connectivity index (χ1v) is 4.88. The molecule has 0 radical (unpaired) electrons. The zero-order chi connectivity index (χ0) is 10.6. The number of methoxy groups -OCH3 is 1. The molecule has 0 fully saturated rings. The average molecular weight is 192 g/mol. The minimum Gasteiger partial charge on any atom is -0.465 e. The maximum absolute atomic E-state index is 11.4. The van der Waals surface area contributed by atoms with Crippen LogP contribution in [-0.2, 0) is 4.74 Å². The molecule has 0 heterocycles. The van der Waals surface area contributed by atoms with Crippen LogP contribution < -0.4 is 0 Å². The molecule has 1 aromatic carbocycles. The molecule has 1 aromatic rings. The smallest absolute Gasteiger partial charge is 0.338 e. The Hall–Kier alpha value is -1.31. The Morgan fingerprint density at radius 3 is 2.64 bits per heavy atom. The molecule has 0 aliphatic rings. The van der Waals surface area contributed by atoms with Crippen molar-refractivity contribution in [2.24, 2.45) is 0 Å². The molecule has 0 aliphatic carbocycles. The lowest BCUT2D eigenvalue weighted by Gasteiger charge is -2.12. The van der Waals surface area contributed by atoms with Gasteiger partial charge in [-0.2, -0.15) is 0 Å². The number of rotatable bonds is 3. The summed E-state index contributed by atoms with van der Waals surface area (Å²) in [5.41, 5.74) is 1.76. The second-order valence-electron chi connectivity index (χ2n) is 3.39. The molecule has 76 valence electrons. The molecule has 0 saturated carbocycles. The van der Waals surface area contributed by atoms with Crippen LogP contribution in [0.3, 0.4) is 0 Å². The molecule has 1 rings (SSSR count). The van der Waals surface area contributed by atoms with E-state index in [1.165, 1.54) is 7.11 Å². The molecule has 0 bridgehead atoms. The molecule has 0 amide bonds. The fourth-order valence-corrected chi connectivity index (χ4v) is 1.44. The monoisotopic (exact) mass is 192 g/mol. The summed E-state index contributed by atoms with van der Waals surface area (Å²) in [5, 5.41) is 0. The Bertz CT molecular complexity index is 318. The van der Waals surface area contributed by atoms with Gasteiger partial charge in [-0.1, -0.05) is 32.0 Å². The second kappa shape index (κ2) is 4.80. The van der Waals surface area contributed by atoms with Crippen LogP contribution in [0.15, 0.2) is 24.3 Å². The normalized spacial score (nSPS) is 12.2. The van der Waals surface area contributed by atoms with Crippen LogP contribution in [0.1, 0.15) is 42.1 Å². The van der Waals surface area contributed by atoms with Crippen LogP contribution in [0.4, 0.5) is 0 Å². The molecule has 2 nitrogen and oxygen atoms in total. The summed E-state index contributed by atoms with van der Waals surface area (Å²) >= 11 is 0. The lowest BCUT2D eigenvalue weighted by Crippen LogP contribution is -2.07. The van der Waals surface area contributed by atoms with Gasteiger partial charge in [0, 0.05) is 0 Å². The highest BCUT2D eigenvalue weighted by atomic mass is 16.5. The number of hydrogen-bond donors (Lipinski definition) is 0. The van der Waals surface area contributed by atoms with Gasteiger partial charge in [0.2, 0.25) is 0 Å². The maximum atomic E-state index is 11.4. The van der Waals surface area contributed by atoms with Crippen molar-refractivity contribution < 1.29 is 9.53 Å². The van der Waals surface area contributed by atoms with Gasteiger partial charge in [0.05, 0.1) is 12.7 Å². The minimum atomic E-state index is -0.249. The van der Waals surface area contributed by atoms with Crippen LogP contribution in [0.5, 0.6) is 0 Å². The van der Waals surface area contributed by atoms with E-state index in [1.807, 2.05) is 24.3 Å². The highest BCUT2D eigenvalue weighted by Crippen LogP contribution is 2.22. The molecule has 14 heavy (non-hydrogen) atoms. The summed E-state index contributed by atoms with van der Waals surface area (Å²) in [6.45, 7) is 4.22. The molecule has 0 N–H and O–H groups in total. The number of hydrogen-bond acceptors (Lipinski definition) is 2. The van der Waals surface area contributed by atoms with Crippen molar-refractivity contribution in [1.29, 1.82) is 0 Å². The van der Waals surface area contributed by atoms with Crippen LogP contribution >= 0.6 is 0 Å². The van der Waals surface area contributed by atoms with Gasteiger partial charge in [0.1, 0.15) is 0 Å². The predicted octanol–water partition coefficient (Wildman–Crippen LogP) is 2.99. The van der Waals surface area contributed by atoms with Gasteiger partial charge in [-0.15, -0.1) is 0 Å². The topological polar surface area (TPSA) is 26.3 Å². The number of benzene rings is 1. The van der Waals surface area contributed by atoms with E-state index >= 15 is 0 Å². The van der Waals surface area contributed by atoms with Crippen LogP contribution in [0, 0.1) is 0 Å². The zero-order valence-electron chi connectivity index (χ0n) is 8.91. The number of carbonyl (C=O) groups excluding carboxylic acids is 1. The van der Waals surface area contributed by atoms with Gasteiger partial charge in [0.15, 0.2) is 0 Å². The molecule has 0 aromatic heterocycles. The van der Waals surface area contributed by atoms with Gasteiger partial charge >= 0.3 is 5.97 Å². The van der Waals surface area contributed by atoms with E-state index in [9.17, 15) is 4.79 Å². The largest absolute Gasteiger partial charge is 0.465 e. The van der Waals surface area contributed by atoms with E-state index in [2.05, 4.69) is 13.8 Å². The Morgan fingerprint density at radius 1 is 1.43 bits per heavy atom. The van der Waals surface area contributed by atoms with Gasteiger partial charge in [-0.3, -0.25) is 0 Å². The van der Waals surface area contributed by atoms with E-state index in [1.54, 1.807) is 0 Å². The number of carbonyl (C=O) groups is 1. The Morgan fingerprint density at radius 2 is 2.07 bits per heavy atom. The predicted molar refractivity (Wildman–Crippen MR) is 56.5 cm³/mol. The minimum absolute atomic E-state index is 0.249. The highest BCUT2D eigenvalue weighted by molar-refractivity contribution is 5.91. The summed E-state index contributed by atoms with van der Waals surface area (Å²) in [6.07, 6.45) is 1.02. The Labute approximate surface area is 84.9 Å². The Kier molecular flexibility index (Phi) is 3.69. The van der Waals surface area contributed by atoms with Crippen molar-refractivity contribution >= 4 is 5.97 Å². The summed E-state index contributed by atoms with van der Waals surface area (Å²) in [6, 6.07) is 7.61. The first-order valence-electron chi connectivity index (χ1n) is 4.88. The third kappa shape index (κ3) is 2.13. The summed E-state index contributed by atoms with van der Waals surface area (Å²) in [5.74, 6) is 0.145. The van der Waals surface area contributed by atoms with Crippen molar-refractivity contribution in [3.05, 3.63) is 35.4 Å². The maximum Gasteiger partial charge on any atom is 0.338 e. The van der Waals surface area contributed by atoms with Crippen LogP contribution in [0.2, 0.25) is 0 Å². The molecule has 0 spiro atoms. The van der Waals surface area contributed by atoms with Gasteiger partial charge in [0.25, 0.3) is 0 Å². The lowest BCUT2D eigenvalue weighted by molar-refractivity contribution is 0.0599. The SMILES string of the molecule is CCC(C)c1ccccc1C(=O)OC. The lowest BCUT2D eigenvalue weighted by atomic mass is 9.94. The standard InChI is InChI=1S/C12H16O2/c1-4-9(2)10-7-5-6-8-11(10)12(13)14-3/h5-9H,4H2,1-3H3. The van der Waals surface area contributed by atoms with Crippen molar-refractivity contribution in [3.8, 4) is 0 Å². The highest BCUT2D eigenvalue weighted by Gasteiger charge is 2.14. The molecular weight excluding hydrogens is 176 g/mol. The third-order valence-electron chi connectivity index (χ3n) is 2.51. The van der Waals surface area contributed by atoms with Gasteiger partial charge in [-0.25, -0.2) is 4.79 Å². The van der Waals surface area contributed by atoms with Crippen molar-refractivity contribution in [1.82, 2.24) is 0 Å². The number of ether oxygens (including phenoxy) is 1.